The summed E-state index contributed by atoms with van der Waals surface area (Å²) in [4.78, 5) is 2.13. The Bertz CT molecular complexity index is 184. The lowest BCUT2D eigenvalue weighted by Gasteiger charge is -2.37. The van der Waals surface area contributed by atoms with Gasteiger partial charge in [0.15, 0.2) is 0 Å². The third-order valence-corrected chi connectivity index (χ3v) is 2.56. The van der Waals surface area contributed by atoms with Gasteiger partial charge in [-0.3, -0.25) is 0 Å². The van der Waals surface area contributed by atoms with Gasteiger partial charge in [0.1, 0.15) is 0 Å². The molecule has 0 bridgehead atoms. The van der Waals surface area contributed by atoms with Crippen LogP contribution in [0.3, 0.4) is 0 Å². The third kappa shape index (κ3) is 2.84. The molecule has 0 amide bonds. The van der Waals surface area contributed by atoms with Crippen LogP contribution in [0.15, 0.2) is 0 Å². The van der Waals surface area contributed by atoms with E-state index in [9.17, 15) is 0 Å². The Labute approximate surface area is 76.1 Å². The van der Waals surface area contributed by atoms with E-state index in [2.05, 4.69) is 30.6 Å². The van der Waals surface area contributed by atoms with Gasteiger partial charge in [-0.1, -0.05) is 0 Å². The summed E-state index contributed by atoms with van der Waals surface area (Å²) < 4.78 is 0. The van der Waals surface area contributed by atoms with Crippen LogP contribution in [-0.4, -0.2) is 30.6 Å². The van der Waals surface area contributed by atoms with Gasteiger partial charge in [-0.15, -0.1) is 11.8 Å². The summed E-state index contributed by atoms with van der Waals surface area (Å²) >= 11 is 0. The SMILES string of the molecule is CC#CCC(N)C(C)(C)N(C)C. The predicted octanol–water partition coefficient (Wildman–Crippen LogP) is 1.07. The number of rotatable bonds is 3. The first kappa shape index (κ1) is 11.5. The topological polar surface area (TPSA) is 29.3 Å². The number of hydrogen-bond donors (Lipinski definition) is 1. The maximum Gasteiger partial charge on any atom is 0.0331 e. The first-order chi connectivity index (χ1) is 5.42. The zero-order chi connectivity index (χ0) is 9.78. The van der Waals surface area contributed by atoms with Crippen molar-refractivity contribution < 1.29 is 0 Å². The smallest absolute Gasteiger partial charge is 0.0331 e. The summed E-state index contributed by atoms with van der Waals surface area (Å²) in [5, 5.41) is 0. The Morgan fingerprint density at radius 1 is 1.42 bits per heavy atom. The average molecular weight is 168 g/mol. The first-order valence-corrected chi connectivity index (χ1v) is 4.25. The van der Waals surface area contributed by atoms with Crippen molar-refractivity contribution in [3.63, 3.8) is 0 Å². The molecule has 0 heterocycles. The summed E-state index contributed by atoms with van der Waals surface area (Å²) in [7, 11) is 4.08. The Kier molecular flexibility index (Phi) is 4.30. The van der Waals surface area contributed by atoms with Crippen LogP contribution >= 0.6 is 0 Å². The third-order valence-electron chi connectivity index (χ3n) is 2.56. The Hall–Kier alpha value is -0.520. The molecule has 0 radical (unpaired) electrons. The van der Waals surface area contributed by atoms with Gasteiger partial charge in [-0.2, -0.15) is 0 Å². The van der Waals surface area contributed by atoms with Crippen LogP contribution in [0.1, 0.15) is 27.2 Å². The van der Waals surface area contributed by atoms with Crippen LogP contribution in [0.2, 0.25) is 0 Å². The van der Waals surface area contributed by atoms with E-state index in [1.165, 1.54) is 0 Å². The van der Waals surface area contributed by atoms with Crippen LogP contribution in [0.25, 0.3) is 0 Å². The first-order valence-electron chi connectivity index (χ1n) is 4.25. The lowest BCUT2D eigenvalue weighted by atomic mass is 9.92. The van der Waals surface area contributed by atoms with Gasteiger partial charge in [0.2, 0.25) is 0 Å². The van der Waals surface area contributed by atoms with Gasteiger partial charge in [0.25, 0.3) is 0 Å². The van der Waals surface area contributed by atoms with E-state index in [-0.39, 0.29) is 11.6 Å². The van der Waals surface area contributed by atoms with Gasteiger partial charge < -0.3 is 10.6 Å². The Morgan fingerprint density at radius 3 is 2.25 bits per heavy atom. The molecule has 2 N–H and O–H groups in total. The second kappa shape index (κ2) is 4.49. The highest BCUT2D eigenvalue weighted by molar-refractivity contribution is 5.02. The van der Waals surface area contributed by atoms with Crippen molar-refractivity contribution in [2.24, 2.45) is 5.73 Å². The Morgan fingerprint density at radius 2 is 1.92 bits per heavy atom. The van der Waals surface area contributed by atoms with Crippen LogP contribution in [0.4, 0.5) is 0 Å². The van der Waals surface area contributed by atoms with Crippen LogP contribution < -0.4 is 5.73 Å². The summed E-state index contributed by atoms with van der Waals surface area (Å²) in [6.07, 6.45) is 0.766. The number of nitrogens with two attached hydrogens (primary N) is 1. The van der Waals surface area contributed by atoms with Crippen molar-refractivity contribution in [1.82, 2.24) is 4.90 Å². The minimum absolute atomic E-state index is 0.0177. The van der Waals surface area contributed by atoms with Crippen molar-refractivity contribution in [2.45, 2.75) is 38.8 Å². The van der Waals surface area contributed by atoms with Crippen molar-refractivity contribution >= 4 is 0 Å². The summed E-state index contributed by atoms with van der Waals surface area (Å²) in [5.41, 5.74) is 6.01. The van der Waals surface area contributed by atoms with Crippen LogP contribution in [-0.2, 0) is 0 Å². The van der Waals surface area contributed by atoms with Crippen molar-refractivity contribution in [3.8, 4) is 11.8 Å². The van der Waals surface area contributed by atoms with Gasteiger partial charge in [0, 0.05) is 18.0 Å². The molecule has 0 aliphatic rings. The number of hydrogen-bond acceptors (Lipinski definition) is 2. The molecule has 1 unspecified atom stereocenters. The fourth-order valence-electron chi connectivity index (χ4n) is 0.793. The van der Waals surface area contributed by atoms with Crippen molar-refractivity contribution in [3.05, 3.63) is 0 Å². The van der Waals surface area contributed by atoms with E-state index in [0.717, 1.165) is 6.42 Å². The average Bonchev–Trinajstić information content (AvgIpc) is 1.99. The molecule has 2 nitrogen and oxygen atoms in total. The van der Waals surface area contributed by atoms with E-state index in [1.807, 2.05) is 21.0 Å². The maximum atomic E-state index is 5.99. The van der Waals surface area contributed by atoms with Gasteiger partial charge in [-0.25, -0.2) is 0 Å². The summed E-state index contributed by atoms with van der Waals surface area (Å²) in [6, 6.07) is 0.111. The molecule has 2 heteroatoms. The predicted molar refractivity (Wildman–Crippen MR) is 53.8 cm³/mol. The quantitative estimate of drug-likeness (QED) is 0.639. The molecule has 70 valence electrons. The fourth-order valence-corrected chi connectivity index (χ4v) is 0.793. The highest BCUT2D eigenvalue weighted by Crippen LogP contribution is 2.15. The highest BCUT2D eigenvalue weighted by Gasteiger charge is 2.27. The maximum absolute atomic E-state index is 5.99. The second-order valence-corrected chi connectivity index (χ2v) is 3.79. The molecule has 0 aromatic carbocycles. The monoisotopic (exact) mass is 168 g/mol. The molecule has 12 heavy (non-hydrogen) atoms. The van der Waals surface area contributed by atoms with Gasteiger partial charge >= 0.3 is 0 Å². The van der Waals surface area contributed by atoms with Crippen LogP contribution in [0, 0.1) is 11.8 Å². The minimum Gasteiger partial charge on any atom is -0.325 e. The fraction of sp³-hybridized carbons (Fsp3) is 0.800. The minimum atomic E-state index is 0.0177. The van der Waals surface area contributed by atoms with Gasteiger partial charge in [-0.05, 0) is 34.9 Å². The van der Waals surface area contributed by atoms with Crippen LogP contribution in [0.5, 0.6) is 0 Å². The summed E-state index contributed by atoms with van der Waals surface area (Å²) in [6.45, 7) is 6.11. The number of likely N-dealkylation sites (N-methyl/N-ethyl adjacent to an activating group) is 1. The lowest BCUT2D eigenvalue weighted by molar-refractivity contribution is 0.160. The molecule has 0 spiro atoms. The number of nitrogens with zero attached hydrogens (tertiary/aromatic N) is 1. The van der Waals surface area contributed by atoms with Crippen molar-refractivity contribution in [1.29, 1.82) is 0 Å². The van der Waals surface area contributed by atoms with E-state index in [1.54, 1.807) is 0 Å². The van der Waals surface area contributed by atoms with Gasteiger partial charge in [0.05, 0.1) is 0 Å². The molecular formula is C10H20N2. The zero-order valence-corrected chi connectivity index (χ0v) is 8.81. The van der Waals surface area contributed by atoms with E-state index in [0.29, 0.717) is 0 Å². The highest BCUT2D eigenvalue weighted by atomic mass is 15.2. The standard InChI is InChI=1S/C10H20N2/c1-6-7-8-9(11)10(2,3)12(4)5/h9H,8,11H2,1-5H3. The summed E-state index contributed by atoms with van der Waals surface area (Å²) in [5.74, 6) is 5.87. The second-order valence-electron chi connectivity index (χ2n) is 3.79. The van der Waals surface area contributed by atoms with E-state index < -0.39 is 0 Å². The molecule has 0 aliphatic carbocycles. The van der Waals surface area contributed by atoms with Crippen molar-refractivity contribution in [2.75, 3.05) is 14.1 Å². The van der Waals surface area contributed by atoms with E-state index >= 15 is 0 Å². The molecule has 0 saturated heterocycles. The largest absolute Gasteiger partial charge is 0.325 e. The molecule has 0 saturated carbocycles. The molecule has 0 aromatic heterocycles. The molecule has 1 atom stereocenters. The molecular weight excluding hydrogens is 148 g/mol. The normalized spacial score (nSPS) is 13.9. The Balaban J connectivity index is 4.21. The zero-order valence-electron chi connectivity index (χ0n) is 8.81. The molecule has 0 aliphatic heterocycles. The van der Waals surface area contributed by atoms with E-state index in [4.69, 9.17) is 5.73 Å². The molecule has 0 rings (SSSR count). The molecule has 0 aromatic rings. The lowest BCUT2D eigenvalue weighted by Crippen LogP contribution is -2.52. The molecule has 0 fully saturated rings.